The second kappa shape index (κ2) is 9.59. The Labute approximate surface area is 145 Å². The molecule has 0 spiro atoms. The van der Waals surface area contributed by atoms with Gasteiger partial charge in [0.25, 0.3) is 0 Å². The van der Waals surface area contributed by atoms with Crippen LogP contribution in [0.2, 0.25) is 0 Å². The van der Waals surface area contributed by atoms with Crippen molar-refractivity contribution < 1.29 is 20.4 Å². The van der Waals surface area contributed by atoms with Crippen molar-refractivity contribution in [3.63, 3.8) is 0 Å². The predicted octanol–water partition coefficient (Wildman–Crippen LogP) is 1.37. The molecule has 1 saturated heterocycles. The average molecular weight is 337 g/mol. The molecular formula is C18H28N2O4. The molecule has 6 heteroatoms. The molecule has 2 atom stereocenters. The van der Waals surface area contributed by atoms with Gasteiger partial charge in [-0.3, -0.25) is 14.5 Å². The third-order valence-electron chi connectivity index (χ3n) is 4.46. The summed E-state index contributed by atoms with van der Waals surface area (Å²) in [5.74, 6) is -0.116. The van der Waals surface area contributed by atoms with Gasteiger partial charge < -0.3 is 14.4 Å². The number of piperazine rings is 1. The molecule has 0 N–H and O–H groups in total. The summed E-state index contributed by atoms with van der Waals surface area (Å²) in [7, 11) is 2.99. The number of unbranched alkanes of at least 4 members (excludes halogenated alkanes) is 1. The van der Waals surface area contributed by atoms with Crippen LogP contribution in [0.1, 0.15) is 27.1 Å². The SMILES string of the molecule is [2H]C1(N2CCN(C(=O)CCCCC(=O)OC)CC2)C=CC=CC1OC. The summed E-state index contributed by atoms with van der Waals surface area (Å²) in [5, 5.41) is 0. The van der Waals surface area contributed by atoms with E-state index in [2.05, 4.69) is 9.64 Å². The highest BCUT2D eigenvalue weighted by molar-refractivity contribution is 5.76. The molecule has 2 unspecified atom stereocenters. The number of hydrogen-bond donors (Lipinski definition) is 0. The molecule has 0 saturated carbocycles. The standard InChI is InChI=1S/C18H28N2O4/c1-23-16-8-4-3-7-15(16)19-11-13-20(14-12-19)17(21)9-5-6-10-18(22)24-2/h3-4,7-8,15-16H,5-6,9-14H2,1-2H3/i15D. The van der Waals surface area contributed by atoms with Crippen molar-refractivity contribution in [3.05, 3.63) is 24.3 Å². The number of esters is 1. The molecule has 1 aliphatic heterocycles. The summed E-state index contributed by atoms with van der Waals surface area (Å²) in [6, 6.07) is -0.918. The summed E-state index contributed by atoms with van der Waals surface area (Å²) in [6.45, 7) is 2.53. The third-order valence-corrected chi connectivity index (χ3v) is 4.46. The largest absolute Gasteiger partial charge is 0.469 e. The first-order valence-corrected chi connectivity index (χ1v) is 8.49. The molecule has 1 fully saturated rings. The molecule has 2 aliphatic rings. The van der Waals surface area contributed by atoms with E-state index in [1.54, 1.807) is 7.11 Å². The van der Waals surface area contributed by atoms with Crippen LogP contribution in [0.25, 0.3) is 0 Å². The lowest BCUT2D eigenvalue weighted by molar-refractivity contribution is -0.141. The van der Waals surface area contributed by atoms with Crippen molar-refractivity contribution in [1.82, 2.24) is 9.80 Å². The van der Waals surface area contributed by atoms with E-state index in [0.717, 1.165) is 0 Å². The van der Waals surface area contributed by atoms with Gasteiger partial charge in [-0.15, -0.1) is 0 Å². The molecule has 0 aromatic rings. The van der Waals surface area contributed by atoms with Crippen LogP contribution in [0.4, 0.5) is 0 Å². The first-order valence-electron chi connectivity index (χ1n) is 8.99. The van der Waals surface area contributed by atoms with E-state index in [-0.39, 0.29) is 18.0 Å². The van der Waals surface area contributed by atoms with E-state index in [4.69, 9.17) is 6.11 Å². The maximum Gasteiger partial charge on any atom is 0.305 e. The monoisotopic (exact) mass is 337 g/mol. The lowest BCUT2D eigenvalue weighted by atomic mass is 10.0. The Hall–Kier alpha value is -1.66. The minimum atomic E-state index is -0.918. The quantitative estimate of drug-likeness (QED) is 0.519. The van der Waals surface area contributed by atoms with Crippen LogP contribution in [0, 0.1) is 0 Å². The zero-order valence-corrected chi connectivity index (χ0v) is 14.6. The molecule has 1 aliphatic carbocycles. The van der Waals surface area contributed by atoms with Crippen LogP contribution in [0.3, 0.4) is 0 Å². The van der Waals surface area contributed by atoms with Crippen LogP contribution in [-0.4, -0.2) is 74.2 Å². The Kier molecular flexibility index (Phi) is 6.86. The molecular weight excluding hydrogens is 308 g/mol. The van der Waals surface area contributed by atoms with E-state index in [0.29, 0.717) is 51.9 Å². The maximum atomic E-state index is 12.3. The fourth-order valence-corrected chi connectivity index (χ4v) is 3.02. The van der Waals surface area contributed by atoms with Gasteiger partial charge in [0.2, 0.25) is 5.91 Å². The fourth-order valence-electron chi connectivity index (χ4n) is 3.02. The zero-order valence-electron chi connectivity index (χ0n) is 15.6. The van der Waals surface area contributed by atoms with Crippen LogP contribution < -0.4 is 0 Å². The number of methoxy groups -OCH3 is 2. The Morgan fingerprint density at radius 1 is 1.08 bits per heavy atom. The van der Waals surface area contributed by atoms with Gasteiger partial charge in [-0.2, -0.15) is 0 Å². The first kappa shape index (κ1) is 17.2. The third kappa shape index (κ3) is 5.18. The normalized spacial score (nSPS) is 27.8. The van der Waals surface area contributed by atoms with E-state index < -0.39 is 6.02 Å². The van der Waals surface area contributed by atoms with Gasteiger partial charge in [-0.25, -0.2) is 0 Å². The minimum absolute atomic E-state index is 0.117. The van der Waals surface area contributed by atoms with Gasteiger partial charge in [0.1, 0.15) is 0 Å². The lowest BCUT2D eigenvalue weighted by Crippen LogP contribution is -2.54. The molecule has 24 heavy (non-hydrogen) atoms. The van der Waals surface area contributed by atoms with Gasteiger partial charge in [-0.1, -0.05) is 24.3 Å². The fraction of sp³-hybridized carbons (Fsp3) is 0.667. The number of hydrogen-bond acceptors (Lipinski definition) is 5. The van der Waals surface area contributed by atoms with E-state index in [9.17, 15) is 9.59 Å². The van der Waals surface area contributed by atoms with Crippen molar-refractivity contribution >= 4 is 11.9 Å². The van der Waals surface area contributed by atoms with Crippen LogP contribution in [-0.2, 0) is 19.1 Å². The maximum absolute atomic E-state index is 12.3. The van der Waals surface area contributed by atoms with Crippen molar-refractivity contribution in [2.45, 2.75) is 37.8 Å². The number of allylic oxidation sites excluding steroid dienone is 2. The number of amides is 1. The smallest absolute Gasteiger partial charge is 0.305 e. The number of carbonyl (C=O) groups excluding carboxylic acids is 2. The van der Waals surface area contributed by atoms with E-state index >= 15 is 0 Å². The Balaban J connectivity index is 1.77. The highest BCUT2D eigenvalue weighted by atomic mass is 16.5. The van der Waals surface area contributed by atoms with Gasteiger partial charge in [-0.05, 0) is 12.8 Å². The Bertz CT molecular complexity index is 529. The number of carbonyl (C=O) groups is 2. The zero-order chi connectivity index (χ0) is 18.3. The first-order chi connectivity index (χ1) is 12.0. The van der Waals surface area contributed by atoms with Gasteiger partial charge >= 0.3 is 5.97 Å². The minimum Gasteiger partial charge on any atom is -0.469 e. The van der Waals surface area contributed by atoms with Gasteiger partial charge in [0, 0.05) is 46.1 Å². The van der Waals surface area contributed by atoms with Crippen molar-refractivity contribution in [2.24, 2.45) is 0 Å². The molecule has 0 aromatic heterocycles. The Morgan fingerprint density at radius 2 is 1.75 bits per heavy atom. The Morgan fingerprint density at radius 3 is 2.42 bits per heavy atom. The van der Waals surface area contributed by atoms with Crippen LogP contribution >= 0.6 is 0 Å². The van der Waals surface area contributed by atoms with Crippen molar-refractivity contribution in [3.8, 4) is 0 Å². The summed E-state index contributed by atoms with van der Waals surface area (Å²) in [5.41, 5.74) is 0. The lowest BCUT2D eigenvalue weighted by Gasteiger charge is -2.40. The number of rotatable bonds is 7. The summed E-state index contributed by atoms with van der Waals surface area (Å²) in [6.07, 6.45) is 9.38. The second-order valence-corrected chi connectivity index (χ2v) is 5.98. The number of nitrogens with zero attached hydrogens (tertiary/aromatic N) is 2. The highest BCUT2D eigenvalue weighted by Gasteiger charge is 2.29. The molecule has 1 heterocycles. The summed E-state index contributed by atoms with van der Waals surface area (Å²) >= 11 is 0. The molecule has 0 radical (unpaired) electrons. The van der Waals surface area contributed by atoms with Crippen molar-refractivity contribution in [1.29, 1.82) is 0 Å². The average Bonchev–Trinajstić information content (AvgIpc) is 2.65. The van der Waals surface area contributed by atoms with E-state index in [1.165, 1.54) is 7.11 Å². The molecule has 1 amide bonds. The predicted molar refractivity (Wildman–Crippen MR) is 91.5 cm³/mol. The van der Waals surface area contributed by atoms with Crippen molar-refractivity contribution in [2.75, 3.05) is 40.4 Å². The molecule has 0 aromatic carbocycles. The molecule has 2 rings (SSSR count). The van der Waals surface area contributed by atoms with Crippen LogP contribution in [0.15, 0.2) is 24.3 Å². The van der Waals surface area contributed by atoms with Crippen LogP contribution in [0.5, 0.6) is 0 Å². The number of ether oxygens (including phenoxy) is 2. The van der Waals surface area contributed by atoms with Gasteiger partial charge in [0.15, 0.2) is 0 Å². The van der Waals surface area contributed by atoms with E-state index in [1.807, 2.05) is 29.2 Å². The molecule has 6 nitrogen and oxygen atoms in total. The second-order valence-electron chi connectivity index (χ2n) is 5.98. The van der Waals surface area contributed by atoms with Gasteiger partial charge in [0.05, 0.1) is 20.6 Å². The highest BCUT2D eigenvalue weighted by Crippen LogP contribution is 2.18. The summed E-state index contributed by atoms with van der Waals surface area (Å²) in [4.78, 5) is 27.3. The summed E-state index contributed by atoms with van der Waals surface area (Å²) < 4.78 is 18.8. The molecule has 0 bridgehead atoms. The topological polar surface area (TPSA) is 59.1 Å². The molecule has 134 valence electrons.